The lowest BCUT2D eigenvalue weighted by atomic mass is 10.3. The first kappa shape index (κ1) is 10.2. The molecule has 86 valence electrons. The fourth-order valence-corrected chi connectivity index (χ4v) is 1.88. The van der Waals surface area contributed by atoms with E-state index in [1.807, 2.05) is 29.2 Å². The zero-order valence-corrected chi connectivity index (χ0v) is 9.78. The number of hydrogen-bond donors (Lipinski definition) is 1. The Balaban J connectivity index is 1.89. The van der Waals surface area contributed by atoms with Crippen molar-refractivity contribution in [3.8, 4) is 0 Å². The first-order valence-corrected chi connectivity index (χ1v) is 5.62. The molecule has 0 amide bonds. The molecule has 0 aliphatic carbocycles. The highest BCUT2D eigenvalue weighted by atomic mass is 32.1. The lowest BCUT2D eigenvalue weighted by molar-refractivity contribution is 0.345. The topological polar surface area (TPSA) is 57.4 Å². The second-order valence-corrected chi connectivity index (χ2v) is 4.11. The third-order valence-electron chi connectivity index (χ3n) is 2.50. The summed E-state index contributed by atoms with van der Waals surface area (Å²) in [5.74, 6) is 0.570. The first-order chi connectivity index (χ1) is 8.31. The van der Waals surface area contributed by atoms with Gasteiger partial charge in [-0.2, -0.15) is 0 Å². The van der Waals surface area contributed by atoms with Crippen molar-refractivity contribution in [3.63, 3.8) is 0 Å². The second kappa shape index (κ2) is 4.14. The van der Waals surface area contributed by atoms with Gasteiger partial charge in [0.25, 0.3) is 4.84 Å². The van der Waals surface area contributed by atoms with Crippen LogP contribution in [0, 0.1) is 4.84 Å². The molecule has 1 N–H and O–H groups in total. The lowest BCUT2D eigenvalue weighted by Crippen LogP contribution is -2.35. The van der Waals surface area contributed by atoms with Gasteiger partial charge in [0.15, 0.2) is 0 Å². The molecule has 0 spiro atoms. The predicted molar refractivity (Wildman–Crippen MR) is 63.8 cm³/mol. The summed E-state index contributed by atoms with van der Waals surface area (Å²) in [5.41, 5.74) is 0. The van der Waals surface area contributed by atoms with Gasteiger partial charge in [-0.05, 0) is 18.3 Å². The van der Waals surface area contributed by atoms with Crippen LogP contribution in [-0.2, 0) is 6.54 Å². The highest BCUT2D eigenvalue weighted by molar-refractivity contribution is 7.71. The Labute approximate surface area is 102 Å². The predicted octanol–water partition coefficient (Wildman–Crippen LogP) is 0.563. The molecular weight excluding hydrogens is 236 g/mol. The number of nitrogens with one attached hydrogen (secondary N) is 1. The van der Waals surface area contributed by atoms with Crippen LogP contribution in [0.2, 0.25) is 0 Å². The van der Waals surface area contributed by atoms with Crippen molar-refractivity contribution in [2.24, 2.45) is 4.99 Å². The maximum Gasteiger partial charge on any atom is 0.284 e. The standard InChI is InChI=1S/C11H10N4OS/c17-11-14-13-10(16-11)6-15-5-8-3-1-2-4-9(8)12-7-15/h1-5H,6-7H2,(H,14,17). The van der Waals surface area contributed by atoms with Gasteiger partial charge in [0.05, 0.1) is 11.9 Å². The minimum Gasteiger partial charge on any atom is -0.412 e. The molecule has 1 aliphatic heterocycles. The maximum absolute atomic E-state index is 5.22. The van der Waals surface area contributed by atoms with Gasteiger partial charge in [-0.3, -0.25) is 4.99 Å². The Morgan fingerprint density at radius 3 is 3.12 bits per heavy atom. The molecule has 1 aromatic carbocycles. The SMILES string of the molecule is S=c1[nH]nc(CN2C=c3ccccc3=NC2)o1. The highest BCUT2D eigenvalue weighted by Gasteiger charge is 2.07. The molecule has 2 aromatic rings. The highest BCUT2D eigenvalue weighted by Crippen LogP contribution is 2.03. The Hall–Kier alpha value is -1.95. The van der Waals surface area contributed by atoms with Gasteiger partial charge in [-0.1, -0.05) is 18.2 Å². The van der Waals surface area contributed by atoms with Crippen molar-refractivity contribution >= 4 is 18.4 Å². The average Bonchev–Trinajstić information content (AvgIpc) is 2.75. The van der Waals surface area contributed by atoms with E-state index in [4.69, 9.17) is 16.6 Å². The minimum atomic E-state index is 0.300. The summed E-state index contributed by atoms with van der Waals surface area (Å²) in [6.07, 6.45) is 2.05. The Bertz CT molecular complexity index is 703. The molecule has 1 aliphatic rings. The number of aromatic nitrogens is 2. The summed E-state index contributed by atoms with van der Waals surface area (Å²) < 4.78 is 5.22. The van der Waals surface area contributed by atoms with Crippen LogP contribution < -0.4 is 10.6 Å². The smallest absolute Gasteiger partial charge is 0.284 e. The number of benzene rings is 1. The molecule has 1 aromatic heterocycles. The number of rotatable bonds is 2. The fourth-order valence-electron chi connectivity index (χ4n) is 1.74. The number of hydrogen-bond acceptors (Lipinski definition) is 5. The van der Waals surface area contributed by atoms with Gasteiger partial charge in [-0.15, -0.1) is 5.10 Å². The van der Waals surface area contributed by atoms with E-state index in [1.54, 1.807) is 0 Å². The Kier molecular flexibility index (Phi) is 2.49. The van der Waals surface area contributed by atoms with E-state index in [9.17, 15) is 0 Å². The summed E-state index contributed by atoms with van der Waals surface area (Å²) in [6, 6.07) is 8.02. The average molecular weight is 246 g/mol. The van der Waals surface area contributed by atoms with E-state index < -0.39 is 0 Å². The molecule has 2 heterocycles. The summed E-state index contributed by atoms with van der Waals surface area (Å²) >= 11 is 4.83. The van der Waals surface area contributed by atoms with Crippen LogP contribution in [0.3, 0.4) is 0 Å². The zero-order chi connectivity index (χ0) is 11.7. The maximum atomic E-state index is 5.22. The van der Waals surface area contributed by atoms with Crippen LogP contribution in [0.5, 0.6) is 0 Å². The molecule has 5 nitrogen and oxygen atoms in total. The molecule has 6 heteroatoms. The van der Waals surface area contributed by atoms with Crippen molar-refractivity contribution in [2.75, 3.05) is 6.67 Å². The van der Waals surface area contributed by atoms with Crippen LogP contribution >= 0.6 is 12.2 Å². The number of nitrogens with zero attached hydrogens (tertiary/aromatic N) is 3. The van der Waals surface area contributed by atoms with Crippen LogP contribution in [0.15, 0.2) is 33.7 Å². The van der Waals surface area contributed by atoms with Crippen LogP contribution in [0.4, 0.5) is 0 Å². The molecule has 0 saturated carbocycles. The van der Waals surface area contributed by atoms with E-state index in [1.165, 1.54) is 0 Å². The summed E-state index contributed by atoms with van der Waals surface area (Å²) in [5, 5.41) is 8.70. The number of fused-ring (bicyclic) bond motifs is 1. The molecule has 0 saturated heterocycles. The third-order valence-corrected chi connectivity index (χ3v) is 2.68. The number of H-pyrrole nitrogens is 1. The quantitative estimate of drug-likeness (QED) is 0.787. The molecule has 0 fully saturated rings. The Morgan fingerprint density at radius 1 is 1.41 bits per heavy atom. The monoisotopic (exact) mass is 246 g/mol. The van der Waals surface area contributed by atoms with E-state index in [-0.39, 0.29) is 0 Å². The van der Waals surface area contributed by atoms with Crippen molar-refractivity contribution in [1.82, 2.24) is 15.1 Å². The summed E-state index contributed by atoms with van der Waals surface area (Å²) in [7, 11) is 0. The first-order valence-electron chi connectivity index (χ1n) is 5.21. The van der Waals surface area contributed by atoms with Gasteiger partial charge >= 0.3 is 0 Å². The largest absolute Gasteiger partial charge is 0.412 e. The van der Waals surface area contributed by atoms with Gasteiger partial charge in [-0.25, -0.2) is 5.10 Å². The van der Waals surface area contributed by atoms with E-state index >= 15 is 0 Å². The number of para-hydroxylation sites is 1. The van der Waals surface area contributed by atoms with Crippen LogP contribution in [0.1, 0.15) is 5.89 Å². The third kappa shape index (κ3) is 2.12. The minimum absolute atomic E-state index is 0.300. The molecule has 0 radical (unpaired) electrons. The van der Waals surface area contributed by atoms with Crippen LogP contribution in [0.25, 0.3) is 6.20 Å². The fraction of sp³-hybridized carbons (Fsp3) is 0.182. The van der Waals surface area contributed by atoms with Crippen molar-refractivity contribution in [2.45, 2.75) is 6.54 Å². The van der Waals surface area contributed by atoms with Crippen molar-refractivity contribution in [1.29, 1.82) is 0 Å². The van der Waals surface area contributed by atoms with Crippen LogP contribution in [-0.4, -0.2) is 21.8 Å². The summed E-state index contributed by atoms with van der Waals surface area (Å²) in [4.78, 5) is 6.79. The molecular formula is C11H10N4OS. The molecule has 0 unspecified atom stereocenters. The lowest BCUT2D eigenvalue weighted by Gasteiger charge is -2.18. The van der Waals surface area contributed by atoms with Gasteiger partial charge in [0.1, 0.15) is 6.67 Å². The van der Waals surface area contributed by atoms with Gasteiger partial charge < -0.3 is 9.32 Å². The molecule has 17 heavy (non-hydrogen) atoms. The van der Waals surface area contributed by atoms with Gasteiger partial charge in [0, 0.05) is 11.4 Å². The van der Waals surface area contributed by atoms with E-state index in [0.29, 0.717) is 23.9 Å². The number of aromatic amines is 1. The molecule has 0 atom stereocenters. The Morgan fingerprint density at radius 2 is 2.29 bits per heavy atom. The normalized spacial score (nSPS) is 13.8. The van der Waals surface area contributed by atoms with Crippen molar-refractivity contribution in [3.05, 3.63) is 45.6 Å². The summed E-state index contributed by atoms with van der Waals surface area (Å²) in [6.45, 7) is 1.16. The second-order valence-electron chi connectivity index (χ2n) is 3.74. The molecule has 3 rings (SSSR count). The van der Waals surface area contributed by atoms with E-state index in [2.05, 4.69) is 21.4 Å². The van der Waals surface area contributed by atoms with Crippen molar-refractivity contribution < 1.29 is 4.42 Å². The zero-order valence-electron chi connectivity index (χ0n) is 8.96. The van der Waals surface area contributed by atoms with Gasteiger partial charge in [0.2, 0.25) is 5.89 Å². The van der Waals surface area contributed by atoms with E-state index in [0.717, 1.165) is 10.6 Å². The molecule has 0 bridgehead atoms.